The summed E-state index contributed by atoms with van der Waals surface area (Å²) in [6.07, 6.45) is 0. The molecule has 4 nitrogen and oxygen atoms in total. The summed E-state index contributed by atoms with van der Waals surface area (Å²) in [5, 5.41) is 5.00. The molecular formula is C16H21N2O2S+. The van der Waals surface area contributed by atoms with Crippen molar-refractivity contribution in [1.82, 2.24) is 0 Å². The fourth-order valence-corrected chi connectivity index (χ4v) is 3.16. The number of carbonyl (C=O) groups excluding carboxylic acids is 1. The highest BCUT2D eigenvalue weighted by atomic mass is 32.1. The minimum Gasteiger partial charge on any atom is -0.495 e. The van der Waals surface area contributed by atoms with Crippen molar-refractivity contribution < 1.29 is 14.4 Å². The third kappa shape index (κ3) is 4.31. The van der Waals surface area contributed by atoms with E-state index < -0.39 is 0 Å². The van der Waals surface area contributed by atoms with Gasteiger partial charge in [-0.1, -0.05) is 12.1 Å². The molecule has 1 aromatic carbocycles. The number of para-hydroxylation sites is 2. The van der Waals surface area contributed by atoms with Crippen LogP contribution < -0.4 is 15.0 Å². The highest BCUT2D eigenvalue weighted by molar-refractivity contribution is 7.10. The van der Waals surface area contributed by atoms with Gasteiger partial charge in [-0.2, -0.15) is 0 Å². The second-order valence-electron chi connectivity index (χ2n) is 5.09. The van der Waals surface area contributed by atoms with Crippen LogP contribution in [0.25, 0.3) is 0 Å². The van der Waals surface area contributed by atoms with Gasteiger partial charge in [-0.15, -0.1) is 11.3 Å². The number of carbonyl (C=O) groups is 1. The van der Waals surface area contributed by atoms with Crippen LogP contribution in [-0.4, -0.2) is 26.6 Å². The van der Waals surface area contributed by atoms with E-state index in [-0.39, 0.29) is 5.91 Å². The van der Waals surface area contributed by atoms with E-state index in [0.717, 1.165) is 11.4 Å². The number of nitrogens with one attached hydrogen (secondary N) is 2. The van der Waals surface area contributed by atoms with Crippen LogP contribution in [0, 0.1) is 6.92 Å². The summed E-state index contributed by atoms with van der Waals surface area (Å²) in [4.78, 5) is 14.6. The second kappa shape index (κ2) is 7.24. The first-order chi connectivity index (χ1) is 10.1. The Morgan fingerprint density at radius 2 is 2.10 bits per heavy atom. The molecule has 0 aliphatic rings. The standard InChI is InChI=1S/C16H20N2O2S/c1-12-8-9-21-15(12)10-18(2)11-16(19)17-13-6-4-5-7-14(13)20-3/h4-9H,10-11H2,1-3H3,(H,17,19)/p+1. The van der Waals surface area contributed by atoms with Gasteiger partial charge in [0.2, 0.25) is 0 Å². The zero-order chi connectivity index (χ0) is 15.2. The summed E-state index contributed by atoms with van der Waals surface area (Å²) in [7, 11) is 3.63. The van der Waals surface area contributed by atoms with Crippen molar-refractivity contribution in [2.24, 2.45) is 0 Å². The molecule has 1 atom stereocenters. The molecular weight excluding hydrogens is 284 g/mol. The maximum absolute atomic E-state index is 12.1. The molecule has 0 aliphatic carbocycles. The van der Waals surface area contributed by atoms with Crippen LogP contribution in [0.4, 0.5) is 5.69 Å². The minimum atomic E-state index is -0.00814. The highest BCUT2D eigenvalue weighted by Crippen LogP contribution is 2.22. The molecule has 0 saturated heterocycles. The Morgan fingerprint density at radius 1 is 1.33 bits per heavy atom. The summed E-state index contributed by atoms with van der Waals surface area (Å²) in [6.45, 7) is 3.40. The number of amides is 1. The van der Waals surface area contributed by atoms with E-state index in [2.05, 4.69) is 23.7 Å². The molecule has 1 aromatic heterocycles. The Balaban J connectivity index is 1.91. The summed E-state index contributed by atoms with van der Waals surface area (Å²) < 4.78 is 5.23. The average Bonchev–Trinajstić information content (AvgIpc) is 2.84. The molecule has 112 valence electrons. The summed E-state index contributed by atoms with van der Waals surface area (Å²) >= 11 is 1.74. The fourth-order valence-electron chi connectivity index (χ4n) is 2.14. The third-order valence-corrected chi connectivity index (χ3v) is 4.30. The van der Waals surface area contributed by atoms with Crippen molar-refractivity contribution in [3.05, 3.63) is 46.2 Å². The lowest BCUT2D eigenvalue weighted by Gasteiger charge is -2.14. The van der Waals surface area contributed by atoms with Gasteiger partial charge in [-0.3, -0.25) is 4.79 Å². The van der Waals surface area contributed by atoms with Crippen LogP contribution in [-0.2, 0) is 11.3 Å². The van der Waals surface area contributed by atoms with Crippen molar-refractivity contribution in [1.29, 1.82) is 0 Å². The average molecular weight is 305 g/mol. The first-order valence-electron chi connectivity index (χ1n) is 6.87. The Hall–Kier alpha value is -1.85. The molecule has 2 aromatic rings. The summed E-state index contributed by atoms with van der Waals surface area (Å²) in [5.41, 5.74) is 2.01. The summed E-state index contributed by atoms with van der Waals surface area (Å²) in [6, 6.07) is 9.55. The summed E-state index contributed by atoms with van der Waals surface area (Å²) in [5.74, 6) is 0.670. The Morgan fingerprint density at radius 3 is 2.76 bits per heavy atom. The SMILES string of the molecule is COc1ccccc1NC(=O)C[NH+](C)Cc1sccc1C. The molecule has 1 amide bonds. The van der Waals surface area contributed by atoms with E-state index in [1.54, 1.807) is 18.4 Å². The predicted molar refractivity (Wildman–Crippen MR) is 86.1 cm³/mol. The molecule has 1 heterocycles. The predicted octanol–water partition coefficient (Wildman–Crippen LogP) is 1.72. The van der Waals surface area contributed by atoms with Gasteiger partial charge in [0, 0.05) is 0 Å². The number of benzene rings is 1. The van der Waals surface area contributed by atoms with E-state index in [0.29, 0.717) is 18.0 Å². The van der Waals surface area contributed by atoms with Gasteiger partial charge in [-0.25, -0.2) is 0 Å². The third-order valence-electron chi connectivity index (χ3n) is 3.27. The largest absolute Gasteiger partial charge is 0.495 e. The molecule has 21 heavy (non-hydrogen) atoms. The van der Waals surface area contributed by atoms with Crippen molar-refractivity contribution in [2.45, 2.75) is 13.5 Å². The van der Waals surface area contributed by atoms with Crippen molar-refractivity contribution in [2.75, 3.05) is 26.0 Å². The van der Waals surface area contributed by atoms with Gasteiger partial charge in [-0.05, 0) is 36.1 Å². The molecule has 2 N–H and O–H groups in total. The number of rotatable bonds is 6. The molecule has 0 aliphatic heterocycles. The quantitative estimate of drug-likeness (QED) is 0.853. The Labute approximate surface area is 129 Å². The van der Waals surface area contributed by atoms with Gasteiger partial charge in [0.15, 0.2) is 6.54 Å². The van der Waals surface area contributed by atoms with Crippen LogP contribution in [0.1, 0.15) is 10.4 Å². The first-order valence-corrected chi connectivity index (χ1v) is 7.75. The lowest BCUT2D eigenvalue weighted by Crippen LogP contribution is -3.08. The number of aryl methyl sites for hydroxylation is 1. The van der Waals surface area contributed by atoms with Gasteiger partial charge < -0.3 is 15.0 Å². The van der Waals surface area contributed by atoms with E-state index >= 15 is 0 Å². The van der Waals surface area contributed by atoms with Crippen LogP contribution >= 0.6 is 11.3 Å². The maximum Gasteiger partial charge on any atom is 0.279 e. The zero-order valence-corrected chi connectivity index (χ0v) is 13.4. The number of hydrogen-bond acceptors (Lipinski definition) is 3. The molecule has 0 bridgehead atoms. The fraction of sp³-hybridized carbons (Fsp3) is 0.312. The molecule has 1 unspecified atom stereocenters. The van der Waals surface area contributed by atoms with Gasteiger partial charge in [0.05, 0.1) is 24.7 Å². The van der Waals surface area contributed by atoms with Crippen molar-refractivity contribution >= 4 is 22.9 Å². The highest BCUT2D eigenvalue weighted by Gasteiger charge is 2.14. The second-order valence-corrected chi connectivity index (χ2v) is 6.09. The smallest absolute Gasteiger partial charge is 0.279 e. The number of methoxy groups -OCH3 is 1. The molecule has 5 heteroatoms. The normalized spacial score (nSPS) is 12.0. The molecule has 2 rings (SSSR count). The van der Waals surface area contributed by atoms with E-state index in [9.17, 15) is 4.79 Å². The van der Waals surface area contributed by atoms with Crippen LogP contribution in [0.2, 0.25) is 0 Å². The van der Waals surface area contributed by atoms with Gasteiger partial charge in [0.1, 0.15) is 12.3 Å². The molecule has 0 saturated carbocycles. The lowest BCUT2D eigenvalue weighted by atomic mass is 10.2. The molecule has 0 radical (unpaired) electrons. The lowest BCUT2D eigenvalue weighted by molar-refractivity contribution is -0.884. The van der Waals surface area contributed by atoms with Crippen LogP contribution in [0.5, 0.6) is 5.75 Å². The van der Waals surface area contributed by atoms with E-state index in [1.165, 1.54) is 10.4 Å². The number of ether oxygens (including phenoxy) is 1. The Bertz CT molecular complexity index is 610. The topological polar surface area (TPSA) is 42.8 Å². The first kappa shape index (κ1) is 15.5. The van der Waals surface area contributed by atoms with E-state index in [4.69, 9.17) is 4.74 Å². The number of likely N-dealkylation sites (N-methyl/N-ethyl adjacent to an activating group) is 1. The maximum atomic E-state index is 12.1. The van der Waals surface area contributed by atoms with Crippen LogP contribution in [0.3, 0.4) is 0 Å². The Kier molecular flexibility index (Phi) is 5.36. The molecule has 0 fully saturated rings. The van der Waals surface area contributed by atoms with Gasteiger partial charge in [0.25, 0.3) is 5.91 Å². The van der Waals surface area contributed by atoms with Gasteiger partial charge >= 0.3 is 0 Å². The molecule has 0 spiro atoms. The van der Waals surface area contributed by atoms with Crippen LogP contribution in [0.15, 0.2) is 35.7 Å². The number of hydrogen-bond donors (Lipinski definition) is 2. The van der Waals surface area contributed by atoms with Crippen molar-refractivity contribution in [3.63, 3.8) is 0 Å². The minimum absolute atomic E-state index is 0.00814. The van der Waals surface area contributed by atoms with E-state index in [1.807, 2.05) is 31.3 Å². The monoisotopic (exact) mass is 305 g/mol. The number of anilines is 1. The van der Waals surface area contributed by atoms with Crippen molar-refractivity contribution in [3.8, 4) is 5.75 Å². The zero-order valence-electron chi connectivity index (χ0n) is 12.6. The number of quaternary nitrogens is 1. The number of thiophene rings is 1.